The molecule has 0 saturated carbocycles. The molecule has 172 valence electrons. The maximum absolute atomic E-state index is 13.2. The molecule has 0 unspecified atom stereocenters. The molecular weight excluding hydrogens is 458 g/mol. The summed E-state index contributed by atoms with van der Waals surface area (Å²) in [7, 11) is -3.66. The normalized spacial score (nSPS) is 14.9. The van der Waals surface area contributed by atoms with E-state index in [0.29, 0.717) is 30.3 Å². The molecule has 1 aromatic heterocycles. The molecule has 2 heterocycles. The van der Waals surface area contributed by atoms with Crippen molar-refractivity contribution in [3.05, 3.63) is 70.7 Å². The molecule has 3 aromatic rings. The summed E-state index contributed by atoms with van der Waals surface area (Å²) >= 11 is 1.50. The number of piperidine rings is 1. The fraction of sp³-hybridized carbons (Fsp3) is 0.250. The lowest BCUT2D eigenvalue weighted by Gasteiger charge is -2.26. The van der Waals surface area contributed by atoms with Crippen molar-refractivity contribution in [2.24, 2.45) is 0 Å². The minimum absolute atomic E-state index is 0.124. The molecule has 0 spiro atoms. The average Bonchev–Trinajstić information content (AvgIpc) is 3.25. The van der Waals surface area contributed by atoms with Gasteiger partial charge in [0.15, 0.2) is 5.75 Å². The first kappa shape index (κ1) is 23.2. The van der Waals surface area contributed by atoms with Crippen molar-refractivity contribution in [3.8, 4) is 11.5 Å². The number of nitrogens with zero attached hydrogens (tertiary/aromatic N) is 2. The minimum Gasteiger partial charge on any atom is -0.455 e. The highest BCUT2D eigenvalue weighted by molar-refractivity contribution is 7.89. The van der Waals surface area contributed by atoms with E-state index >= 15 is 0 Å². The van der Waals surface area contributed by atoms with E-state index in [2.05, 4.69) is 10.3 Å². The summed E-state index contributed by atoms with van der Waals surface area (Å²) in [5.41, 5.74) is 0.968. The summed E-state index contributed by atoms with van der Waals surface area (Å²) in [5, 5.41) is 5.53. The van der Waals surface area contributed by atoms with Crippen molar-refractivity contribution in [2.75, 3.05) is 18.4 Å². The van der Waals surface area contributed by atoms with Crippen LogP contribution in [-0.4, -0.2) is 36.7 Å². The number of thiazole rings is 1. The molecule has 2 aromatic carbocycles. The monoisotopic (exact) mass is 483 g/mol. The Balaban J connectivity index is 1.62. The number of carbonyl (C=O) groups excluding carboxylic acids is 1. The van der Waals surface area contributed by atoms with Crippen LogP contribution < -0.4 is 10.1 Å². The molecule has 1 fully saturated rings. The van der Waals surface area contributed by atoms with Gasteiger partial charge in [0.2, 0.25) is 15.9 Å². The topological polar surface area (TPSA) is 88.6 Å². The maximum Gasteiger partial charge on any atom is 0.248 e. The van der Waals surface area contributed by atoms with Crippen LogP contribution in [0.15, 0.2) is 64.9 Å². The number of carbonyl (C=O) groups is 1. The van der Waals surface area contributed by atoms with Crippen LogP contribution in [0.25, 0.3) is 6.08 Å². The third kappa shape index (κ3) is 5.87. The molecule has 1 amide bonds. The van der Waals surface area contributed by atoms with Gasteiger partial charge in [0.25, 0.3) is 0 Å². The predicted octanol–water partition coefficient (Wildman–Crippen LogP) is 5.07. The molecule has 1 aliphatic heterocycles. The number of rotatable bonds is 7. The Hall–Kier alpha value is -3.01. The van der Waals surface area contributed by atoms with E-state index in [1.165, 1.54) is 33.9 Å². The molecule has 9 heteroatoms. The summed E-state index contributed by atoms with van der Waals surface area (Å²) in [4.78, 5) is 17.0. The first-order valence-corrected chi connectivity index (χ1v) is 13.0. The van der Waals surface area contributed by atoms with Crippen LogP contribution in [0.3, 0.4) is 0 Å². The SMILES string of the molecule is Cc1nc(/C=C/C(=O)Nc2cc(S(=O)(=O)N3CCCCC3)ccc2Oc2ccccc2)cs1. The molecule has 0 atom stereocenters. The van der Waals surface area contributed by atoms with Crippen molar-refractivity contribution < 1.29 is 17.9 Å². The van der Waals surface area contributed by atoms with E-state index in [-0.39, 0.29) is 10.6 Å². The fourth-order valence-electron chi connectivity index (χ4n) is 3.52. The second-order valence-electron chi connectivity index (χ2n) is 7.65. The van der Waals surface area contributed by atoms with E-state index in [0.717, 1.165) is 24.3 Å². The Kier molecular flexibility index (Phi) is 7.22. The fourth-order valence-corrected chi connectivity index (χ4v) is 5.64. The third-order valence-electron chi connectivity index (χ3n) is 5.17. The zero-order valence-corrected chi connectivity index (χ0v) is 19.9. The number of sulfonamides is 1. The van der Waals surface area contributed by atoms with Gasteiger partial charge in [-0.3, -0.25) is 4.79 Å². The summed E-state index contributed by atoms with van der Waals surface area (Å²) in [6.07, 6.45) is 5.71. The minimum atomic E-state index is -3.66. The Morgan fingerprint density at radius 2 is 1.88 bits per heavy atom. The number of aryl methyl sites for hydroxylation is 1. The zero-order valence-electron chi connectivity index (χ0n) is 18.2. The number of ether oxygens (including phenoxy) is 1. The van der Waals surface area contributed by atoms with Crippen LogP contribution in [0.2, 0.25) is 0 Å². The molecule has 1 N–H and O–H groups in total. The zero-order chi connectivity index (χ0) is 23.3. The lowest BCUT2D eigenvalue weighted by molar-refractivity contribution is -0.111. The Labute approximate surface area is 197 Å². The van der Waals surface area contributed by atoms with Crippen LogP contribution in [0, 0.1) is 6.92 Å². The van der Waals surface area contributed by atoms with Gasteiger partial charge in [0.1, 0.15) is 5.75 Å². The summed E-state index contributed by atoms with van der Waals surface area (Å²) < 4.78 is 33.7. The number of nitrogens with one attached hydrogen (secondary N) is 1. The van der Waals surface area contributed by atoms with Gasteiger partial charge in [0, 0.05) is 24.5 Å². The van der Waals surface area contributed by atoms with E-state index in [1.807, 2.05) is 30.5 Å². The van der Waals surface area contributed by atoms with Crippen molar-refractivity contribution in [1.29, 1.82) is 0 Å². The van der Waals surface area contributed by atoms with E-state index in [1.54, 1.807) is 24.3 Å². The second-order valence-corrected chi connectivity index (χ2v) is 10.7. The first-order chi connectivity index (χ1) is 15.9. The van der Waals surface area contributed by atoms with Crippen LogP contribution in [0.5, 0.6) is 11.5 Å². The number of hydrogen-bond acceptors (Lipinski definition) is 6. The van der Waals surface area contributed by atoms with Crippen molar-refractivity contribution in [1.82, 2.24) is 9.29 Å². The van der Waals surface area contributed by atoms with Gasteiger partial charge in [-0.05, 0) is 56.2 Å². The highest BCUT2D eigenvalue weighted by Gasteiger charge is 2.27. The highest BCUT2D eigenvalue weighted by atomic mass is 32.2. The molecule has 4 rings (SSSR count). The van der Waals surface area contributed by atoms with Crippen molar-refractivity contribution in [3.63, 3.8) is 0 Å². The lowest BCUT2D eigenvalue weighted by atomic mass is 10.2. The number of anilines is 1. The van der Waals surface area contributed by atoms with Gasteiger partial charge in [-0.1, -0.05) is 24.6 Å². The van der Waals surface area contributed by atoms with Crippen molar-refractivity contribution >= 4 is 39.0 Å². The van der Waals surface area contributed by atoms with E-state index in [4.69, 9.17) is 4.74 Å². The van der Waals surface area contributed by atoms with Crippen LogP contribution in [0.1, 0.15) is 30.0 Å². The van der Waals surface area contributed by atoms with Gasteiger partial charge < -0.3 is 10.1 Å². The van der Waals surface area contributed by atoms with E-state index in [9.17, 15) is 13.2 Å². The van der Waals surface area contributed by atoms with Gasteiger partial charge in [-0.2, -0.15) is 4.31 Å². The largest absolute Gasteiger partial charge is 0.455 e. The average molecular weight is 484 g/mol. The molecule has 0 bridgehead atoms. The molecule has 0 radical (unpaired) electrons. The van der Waals surface area contributed by atoms with Gasteiger partial charge in [-0.15, -0.1) is 11.3 Å². The Morgan fingerprint density at radius 3 is 2.58 bits per heavy atom. The Bertz CT molecular complexity index is 1250. The molecule has 7 nitrogen and oxygen atoms in total. The summed E-state index contributed by atoms with van der Waals surface area (Å²) in [6.45, 7) is 2.90. The molecule has 33 heavy (non-hydrogen) atoms. The van der Waals surface area contributed by atoms with Gasteiger partial charge in [0.05, 0.1) is 21.3 Å². The van der Waals surface area contributed by atoms with Crippen molar-refractivity contribution in [2.45, 2.75) is 31.1 Å². The van der Waals surface area contributed by atoms with Gasteiger partial charge >= 0.3 is 0 Å². The van der Waals surface area contributed by atoms with Crippen LogP contribution in [0.4, 0.5) is 5.69 Å². The maximum atomic E-state index is 13.2. The Morgan fingerprint density at radius 1 is 1.12 bits per heavy atom. The number of aromatic nitrogens is 1. The quantitative estimate of drug-likeness (QED) is 0.474. The molecule has 1 saturated heterocycles. The lowest BCUT2D eigenvalue weighted by Crippen LogP contribution is -2.35. The van der Waals surface area contributed by atoms with E-state index < -0.39 is 15.9 Å². The molecule has 1 aliphatic rings. The molecule has 0 aliphatic carbocycles. The first-order valence-electron chi connectivity index (χ1n) is 10.7. The standard InChI is InChI=1S/C24H25N3O4S2/c1-18-25-19(17-32-18)10-13-24(28)26-22-16-21(33(29,30)27-14-6-3-7-15-27)11-12-23(22)31-20-8-4-2-5-9-20/h2,4-5,8-13,16-17H,3,6-7,14-15H2,1H3,(H,26,28)/b13-10+. The smallest absolute Gasteiger partial charge is 0.248 e. The number of para-hydroxylation sites is 1. The number of benzene rings is 2. The second kappa shape index (κ2) is 10.3. The molecular formula is C24H25N3O4S2. The van der Waals surface area contributed by atoms with Crippen LogP contribution >= 0.6 is 11.3 Å². The van der Waals surface area contributed by atoms with Gasteiger partial charge in [-0.25, -0.2) is 13.4 Å². The summed E-state index contributed by atoms with van der Waals surface area (Å²) in [5.74, 6) is 0.518. The number of amides is 1. The third-order valence-corrected chi connectivity index (χ3v) is 7.86. The highest BCUT2D eigenvalue weighted by Crippen LogP contribution is 2.33. The van der Waals surface area contributed by atoms with Crippen LogP contribution in [-0.2, 0) is 14.8 Å². The number of hydrogen-bond donors (Lipinski definition) is 1. The predicted molar refractivity (Wildman–Crippen MR) is 130 cm³/mol. The summed E-state index contributed by atoms with van der Waals surface area (Å²) in [6, 6.07) is 13.7.